The minimum Gasteiger partial charge on any atom is -0.394 e. The fraction of sp³-hybridized carbons (Fsp3) is 0.350. The predicted octanol–water partition coefficient (Wildman–Crippen LogP) is 3.13. The van der Waals surface area contributed by atoms with Crippen LogP contribution in [-0.4, -0.2) is 35.1 Å². The lowest BCUT2D eigenvalue weighted by Gasteiger charge is -2.26. The van der Waals surface area contributed by atoms with E-state index in [-0.39, 0.29) is 17.0 Å². The highest BCUT2D eigenvalue weighted by molar-refractivity contribution is 7.89. The lowest BCUT2D eigenvalue weighted by atomic mass is 9.94. The molecule has 0 saturated heterocycles. The van der Waals surface area contributed by atoms with Crippen LogP contribution in [0.15, 0.2) is 41.6 Å². The fourth-order valence-electron chi connectivity index (χ4n) is 3.77. The highest BCUT2D eigenvalue weighted by atomic mass is 35.5. The average molecular weight is 435 g/mol. The first kappa shape index (κ1) is 20.2. The summed E-state index contributed by atoms with van der Waals surface area (Å²) in [5.74, 6) is 0. The monoisotopic (exact) mass is 434 g/mol. The summed E-state index contributed by atoms with van der Waals surface area (Å²) in [5, 5.41) is 10.1. The number of anilines is 1. The molecule has 4 rings (SSSR count). The van der Waals surface area contributed by atoms with Gasteiger partial charge in [-0.1, -0.05) is 17.7 Å². The summed E-state index contributed by atoms with van der Waals surface area (Å²) >= 11 is 6.08. The molecule has 2 heterocycles. The van der Waals surface area contributed by atoms with Gasteiger partial charge in [-0.15, -0.1) is 0 Å². The first-order valence-corrected chi connectivity index (χ1v) is 11.3. The molecule has 1 aliphatic rings. The van der Waals surface area contributed by atoms with Crippen LogP contribution in [0.2, 0.25) is 5.02 Å². The van der Waals surface area contributed by atoms with E-state index in [0.29, 0.717) is 42.0 Å². The smallest absolute Gasteiger partial charge is 0.240 e. The Bertz CT molecular complexity index is 1170. The summed E-state index contributed by atoms with van der Waals surface area (Å²) < 4.78 is 30.5. The number of hydrogen-bond acceptors (Lipinski definition) is 5. The second-order valence-electron chi connectivity index (χ2n) is 7.52. The summed E-state index contributed by atoms with van der Waals surface area (Å²) in [6.07, 6.45) is 5.58. The summed E-state index contributed by atoms with van der Waals surface area (Å²) in [5.41, 5.74) is 9.33. The van der Waals surface area contributed by atoms with Gasteiger partial charge in [-0.3, -0.25) is 4.40 Å². The Labute approximate surface area is 174 Å². The second kappa shape index (κ2) is 7.60. The quantitative estimate of drug-likeness (QED) is 0.584. The van der Waals surface area contributed by atoms with Crippen molar-refractivity contribution in [2.75, 3.05) is 5.73 Å². The van der Waals surface area contributed by atoms with Gasteiger partial charge in [0.25, 0.3) is 0 Å². The Hall–Kier alpha value is -2.13. The molecule has 0 amide bonds. The van der Waals surface area contributed by atoms with Crippen molar-refractivity contribution >= 4 is 33.0 Å². The fourth-order valence-corrected chi connectivity index (χ4v) is 5.24. The maximum Gasteiger partial charge on any atom is 0.240 e. The summed E-state index contributed by atoms with van der Waals surface area (Å²) in [6, 6.07) is 6.57. The minimum absolute atomic E-state index is 0.161. The molecular weight excluding hydrogens is 412 g/mol. The molecule has 1 aliphatic carbocycles. The molecular formula is C20H23ClN4O3S. The number of aliphatic hydroxyl groups excluding tert-OH is 1. The number of nitrogens with one attached hydrogen (secondary N) is 1. The summed E-state index contributed by atoms with van der Waals surface area (Å²) in [4.78, 5) is 4.55. The number of aliphatic hydroxyl groups is 1. The number of pyridine rings is 1. The second-order valence-corrected chi connectivity index (χ2v) is 9.64. The van der Waals surface area contributed by atoms with E-state index in [1.54, 1.807) is 41.1 Å². The molecule has 0 unspecified atom stereocenters. The number of rotatable bonds is 4. The first-order chi connectivity index (χ1) is 13.8. The average Bonchev–Trinajstić information content (AvgIpc) is 3.11. The number of hydrogen-bond donors (Lipinski definition) is 3. The van der Waals surface area contributed by atoms with E-state index in [2.05, 4.69) is 9.71 Å². The number of aryl methyl sites for hydroxylation is 1. The standard InChI is InChI=1S/C20H23ClN4O3S/c1-12-2-7-15(29(27,28)24-13-3-5-14(26)6-4-13)10-16(12)18-11-23-20-19(22)17(21)8-9-25(18)20/h2,7-11,13-14,24,26H,3-6,22H2,1H3/t13-,14-. The molecule has 2 aromatic heterocycles. The number of nitrogens with two attached hydrogens (primary N) is 1. The molecule has 0 bridgehead atoms. The van der Waals surface area contributed by atoms with Crippen molar-refractivity contribution in [1.82, 2.24) is 14.1 Å². The zero-order valence-corrected chi connectivity index (χ0v) is 17.5. The minimum atomic E-state index is -3.68. The van der Waals surface area contributed by atoms with Crippen LogP contribution in [0.1, 0.15) is 31.2 Å². The molecule has 7 nitrogen and oxygen atoms in total. The van der Waals surface area contributed by atoms with Crippen LogP contribution >= 0.6 is 11.6 Å². The molecule has 29 heavy (non-hydrogen) atoms. The van der Waals surface area contributed by atoms with Gasteiger partial charge in [-0.2, -0.15) is 0 Å². The molecule has 0 spiro atoms. The van der Waals surface area contributed by atoms with Crippen LogP contribution in [0.5, 0.6) is 0 Å². The molecule has 1 fully saturated rings. The van der Waals surface area contributed by atoms with Crippen molar-refractivity contribution in [3.63, 3.8) is 0 Å². The van der Waals surface area contributed by atoms with Gasteiger partial charge in [0.05, 0.1) is 33.6 Å². The van der Waals surface area contributed by atoms with E-state index < -0.39 is 10.0 Å². The highest BCUT2D eigenvalue weighted by Gasteiger charge is 2.25. The van der Waals surface area contributed by atoms with E-state index in [1.807, 2.05) is 6.92 Å². The van der Waals surface area contributed by atoms with Crippen molar-refractivity contribution < 1.29 is 13.5 Å². The van der Waals surface area contributed by atoms with Crippen molar-refractivity contribution in [2.24, 2.45) is 0 Å². The van der Waals surface area contributed by atoms with Crippen molar-refractivity contribution in [2.45, 2.75) is 49.6 Å². The molecule has 4 N–H and O–H groups in total. The maximum atomic E-state index is 12.9. The van der Waals surface area contributed by atoms with Gasteiger partial charge in [0.2, 0.25) is 10.0 Å². The van der Waals surface area contributed by atoms with Gasteiger partial charge in [0.1, 0.15) is 0 Å². The molecule has 0 atom stereocenters. The van der Waals surface area contributed by atoms with Gasteiger partial charge in [0.15, 0.2) is 5.65 Å². The summed E-state index contributed by atoms with van der Waals surface area (Å²) in [7, 11) is -3.68. The molecule has 1 saturated carbocycles. The van der Waals surface area contributed by atoms with Gasteiger partial charge < -0.3 is 10.8 Å². The highest BCUT2D eigenvalue weighted by Crippen LogP contribution is 2.31. The van der Waals surface area contributed by atoms with E-state index in [4.69, 9.17) is 17.3 Å². The van der Waals surface area contributed by atoms with Crippen LogP contribution in [0.25, 0.3) is 16.9 Å². The Morgan fingerprint density at radius 3 is 2.69 bits per heavy atom. The van der Waals surface area contributed by atoms with Crippen molar-refractivity contribution in [1.29, 1.82) is 0 Å². The first-order valence-electron chi connectivity index (χ1n) is 9.49. The van der Waals surface area contributed by atoms with Crippen LogP contribution in [0.3, 0.4) is 0 Å². The maximum absolute atomic E-state index is 12.9. The number of benzene rings is 1. The number of nitrogens with zero attached hydrogens (tertiary/aromatic N) is 2. The lowest BCUT2D eigenvalue weighted by molar-refractivity contribution is 0.120. The van der Waals surface area contributed by atoms with E-state index in [9.17, 15) is 13.5 Å². The number of halogens is 1. The van der Waals surface area contributed by atoms with Crippen LogP contribution in [0.4, 0.5) is 5.69 Å². The SMILES string of the molecule is Cc1ccc(S(=O)(=O)N[C@H]2CC[C@H](O)CC2)cc1-c1cnc2c(N)c(Cl)ccn12. The summed E-state index contributed by atoms with van der Waals surface area (Å²) in [6.45, 7) is 1.92. The van der Waals surface area contributed by atoms with Gasteiger partial charge in [-0.05, 0) is 56.4 Å². The molecule has 154 valence electrons. The Morgan fingerprint density at radius 2 is 1.97 bits per heavy atom. The van der Waals surface area contributed by atoms with Crippen LogP contribution in [-0.2, 0) is 10.0 Å². The third kappa shape index (κ3) is 3.85. The molecule has 0 radical (unpaired) electrons. The van der Waals surface area contributed by atoms with E-state index in [1.165, 1.54) is 0 Å². The number of imidazole rings is 1. The largest absolute Gasteiger partial charge is 0.394 e. The third-order valence-corrected chi connectivity index (χ3v) is 7.33. The van der Waals surface area contributed by atoms with E-state index in [0.717, 1.165) is 16.8 Å². The zero-order valence-electron chi connectivity index (χ0n) is 16.0. The molecule has 0 aliphatic heterocycles. The number of aromatic nitrogens is 2. The third-order valence-electron chi connectivity index (χ3n) is 5.48. The van der Waals surface area contributed by atoms with Crippen LogP contribution < -0.4 is 10.5 Å². The lowest BCUT2D eigenvalue weighted by Crippen LogP contribution is -2.38. The number of sulfonamides is 1. The number of nitrogen functional groups attached to an aromatic ring is 1. The molecule has 3 aromatic rings. The molecule has 1 aromatic carbocycles. The Balaban J connectivity index is 1.71. The Kier molecular flexibility index (Phi) is 5.29. The molecule has 9 heteroatoms. The normalized spacial score (nSPS) is 20.2. The van der Waals surface area contributed by atoms with Crippen molar-refractivity contribution in [3.8, 4) is 11.3 Å². The van der Waals surface area contributed by atoms with Crippen molar-refractivity contribution in [3.05, 3.63) is 47.2 Å². The van der Waals surface area contributed by atoms with Crippen LogP contribution in [0, 0.1) is 6.92 Å². The van der Waals surface area contributed by atoms with Gasteiger partial charge in [-0.25, -0.2) is 18.1 Å². The predicted molar refractivity (Wildman–Crippen MR) is 113 cm³/mol. The Morgan fingerprint density at radius 1 is 1.24 bits per heavy atom. The van der Waals surface area contributed by atoms with E-state index >= 15 is 0 Å². The van der Waals surface area contributed by atoms with Gasteiger partial charge in [0, 0.05) is 17.8 Å². The topological polar surface area (TPSA) is 110 Å². The zero-order chi connectivity index (χ0) is 20.8. The van der Waals surface area contributed by atoms with Gasteiger partial charge >= 0.3 is 0 Å². The number of fused-ring (bicyclic) bond motifs is 1.